The lowest BCUT2D eigenvalue weighted by molar-refractivity contribution is -0.299. The van der Waals surface area contributed by atoms with E-state index in [9.17, 15) is 14.7 Å². The highest BCUT2D eigenvalue weighted by molar-refractivity contribution is 9.10. The molecule has 0 atom stereocenters. The van der Waals surface area contributed by atoms with Crippen molar-refractivity contribution in [2.45, 2.75) is 0 Å². The molecule has 0 bridgehead atoms. The van der Waals surface area contributed by atoms with Crippen LogP contribution < -0.4 is 10.4 Å². The first kappa shape index (κ1) is 15.0. The third-order valence-electron chi connectivity index (χ3n) is 2.70. The number of carbonyl (C=O) groups excluding carboxylic acids is 2. The molecule has 2 aromatic carbocycles. The Kier molecular flexibility index (Phi) is 4.90. The normalized spacial score (nSPS) is 11.0. The summed E-state index contributed by atoms with van der Waals surface area (Å²) in [6.45, 7) is 0. The fourth-order valence-corrected chi connectivity index (χ4v) is 2.16. The maximum Gasteiger partial charge on any atom is 0.256 e. The molecule has 0 aliphatic carbocycles. The van der Waals surface area contributed by atoms with Crippen LogP contribution in [0.3, 0.4) is 0 Å². The summed E-state index contributed by atoms with van der Waals surface area (Å²) in [5.41, 5.74) is 0.712. The van der Waals surface area contributed by atoms with E-state index < -0.39 is 11.9 Å². The molecule has 0 spiro atoms. The highest BCUT2D eigenvalue weighted by Gasteiger charge is 2.11. The topological polar surface area (TPSA) is 69.2 Å². The van der Waals surface area contributed by atoms with E-state index in [1.54, 1.807) is 48.5 Å². The van der Waals surface area contributed by atoms with Gasteiger partial charge in [-0.15, -0.1) is 0 Å². The van der Waals surface area contributed by atoms with E-state index in [0.717, 1.165) is 0 Å². The predicted octanol–water partition coefficient (Wildman–Crippen LogP) is 1.97. The molecule has 0 aliphatic rings. The van der Waals surface area contributed by atoms with Crippen molar-refractivity contribution >= 4 is 33.9 Å². The van der Waals surface area contributed by atoms with Gasteiger partial charge >= 0.3 is 0 Å². The number of amides is 1. The van der Waals surface area contributed by atoms with Gasteiger partial charge in [-0.05, 0) is 39.7 Å². The molecule has 0 unspecified atom stereocenters. The van der Waals surface area contributed by atoms with Crippen LogP contribution in [0, 0.1) is 0 Å². The lowest BCUT2D eigenvalue weighted by atomic mass is 10.1. The lowest BCUT2D eigenvalue weighted by Crippen LogP contribution is -2.35. The lowest BCUT2D eigenvalue weighted by Gasteiger charge is -2.12. The Labute approximate surface area is 130 Å². The van der Waals surface area contributed by atoms with Crippen LogP contribution in [0.1, 0.15) is 15.9 Å². The summed E-state index contributed by atoms with van der Waals surface area (Å²) < 4.78 is 0.583. The summed E-state index contributed by atoms with van der Waals surface area (Å²) in [7, 11) is 0. The Hall–Kier alpha value is -2.40. The molecule has 1 N–H and O–H groups in total. The van der Waals surface area contributed by atoms with E-state index in [0.29, 0.717) is 15.6 Å². The minimum Gasteiger partial charge on any atom is -0.543 e. The van der Waals surface area contributed by atoms with Gasteiger partial charge in [0.1, 0.15) is 0 Å². The van der Waals surface area contributed by atoms with Crippen molar-refractivity contribution in [3.05, 3.63) is 75.9 Å². The molecule has 0 aliphatic heterocycles. The number of hydrogen-bond acceptors (Lipinski definition) is 3. The predicted molar refractivity (Wildman–Crippen MR) is 81.0 cm³/mol. The monoisotopic (exact) mass is 344 g/mol. The Bertz CT molecular complexity index is 696. The minimum absolute atomic E-state index is 0.290. The van der Waals surface area contributed by atoms with Crippen molar-refractivity contribution in [1.82, 2.24) is 5.32 Å². The summed E-state index contributed by atoms with van der Waals surface area (Å²) in [5.74, 6) is -1.96. The molecule has 106 valence electrons. The minimum atomic E-state index is -1.45. The second kappa shape index (κ2) is 6.85. The molecule has 21 heavy (non-hydrogen) atoms. The van der Waals surface area contributed by atoms with Gasteiger partial charge in [-0.3, -0.25) is 4.79 Å². The van der Waals surface area contributed by atoms with Gasteiger partial charge in [0.05, 0.1) is 17.2 Å². The van der Waals surface area contributed by atoms with E-state index in [2.05, 4.69) is 21.2 Å². The molecule has 0 fully saturated rings. The van der Waals surface area contributed by atoms with Crippen molar-refractivity contribution in [3.63, 3.8) is 0 Å². The number of rotatable bonds is 4. The third kappa shape index (κ3) is 4.03. The fourth-order valence-electron chi connectivity index (χ4n) is 1.70. The Morgan fingerprint density at radius 1 is 1.00 bits per heavy atom. The Morgan fingerprint density at radius 3 is 2.24 bits per heavy atom. The molecular formula is C16H11BrNO3-. The van der Waals surface area contributed by atoms with Crippen LogP contribution in [-0.2, 0) is 4.79 Å². The van der Waals surface area contributed by atoms with Gasteiger partial charge in [-0.1, -0.05) is 42.5 Å². The molecule has 0 radical (unpaired) electrons. The fraction of sp³-hybridized carbons (Fsp3) is 0. The standard InChI is InChI=1S/C16H12BrNO3/c17-13-9-5-4-8-12(13)15(19)18-14(16(20)21)10-11-6-2-1-3-7-11/h1-10H,(H,18,19)(H,20,21)/p-1/b14-10+. The number of carboxylic acid groups (broad SMARTS) is 1. The van der Waals surface area contributed by atoms with Crippen molar-refractivity contribution in [2.24, 2.45) is 0 Å². The summed E-state index contributed by atoms with van der Waals surface area (Å²) in [4.78, 5) is 23.2. The van der Waals surface area contributed by atoms with Crippen molar-refractivity contribution < 1.29 is 14.7 Å². The average molecular weight is 345 g/mol. The van der Waals surface area contributed by atoms with Crippen molar-refractivity contribution in [2.75, 3.05) is 0 Å². The number of nitrogens with one attached hydrogen (secondary N) is 1. The van der Waals surface area contributed by atoms with Crippen LogP contribution in [0.2, 0.25) is 0 Å². The largest absolute Gasteiger partial charge is 0.543 e. The van der Waals surface area contributed by atoms with Crippen LogP contribution in [0.15, 0.2) is 64.8 Å². The molecule has 0 saturated carbocycles. The number of carboxylic acids is 1. The number of hydrogen-bond donors (Lipinski definition) is 1. The van der Waals surface area contributed by atoms with Gasteiger partial charge in [0, 0.05) is 4.47 Å². The second-order valence-electron chi connectivity index (χ2n) is 4.19. The maximum absolute atomic E-state index is 12.1. The summed E-state index contributed by atoms with van der Waals surface area (Å²) in [6, 6.07) is 15.6. The first-order valence-corrected chi connectivity index (χ1v) is 6.91. The molecule has 4 nitrogen and oxygen atoms in total. The van der Waals surface area contributed by atoms with Crippen LogP contribution in [0.25, 0.3) is 6.08 Å². The second-order valence-corrected chi connectivity index (χ2v) is 5.04. The van der Waals surface area contributed by atoms with E-state index in [-0.39, 0.29) is 5.70 Å². The smallest absolute Gasteiger partial charge is 0.256 e. The van der Waals surface area contributed by atoms with Crippen molar-refractivity contribution in [1.29, 1.82) is 0 Å². The van der Waals surface area contributed by atoms with E-state index in [4.69, 9.17) is 0 Å². The van der Waals surface area contributed by atoms with Crippen LogP contribution in [0.5, 0.6) is 0 Å². The summed E-state index contributed by atoms with van der Waals surface area (Å²) in [5, 5.41) is 13.5. The van der Waals surface area contributed by atoms with Crippen LogP contribution >= 0.6 is 15.9 Å². The van der Waals surface area contributed by atoms with Gasteiger partial charge in [-0.25, -0.2) is 0 Å². The first-order valence-electron chi connectivity index (χ1n) is 6.12. The van der Waals surface area contributed by atoms with Gasteiger partial charge in [0.15, 0.2) is 0 Å². The highest BCUT2D eigenvalue weighted by Crippen LogP contribution is 2.16. The maximum atomic E-state index is 12.1. The number of halogens is 1. The molecule has 2 rings (SSSR count). The van der Waals surface area contributed by atoms with E-state index in [1.165, 1.54) is 6.08 Å². The average Bonchev–Trinajstić information content (AvgIpc) is 2.48. The number of aliphatic carboxylic acids is 1. The Balaban J connectivity index is 2.26. The highest BCUT2D eigenvalue weighted by atomic mass is 79.9. The molecule has 5 heteroatoms. The van der Waals surface area contributed by atoms with Gasteiger partial charge in [0.25, 0.3) is 5.91 Å². The zero-order valence-corrected chi connectivity index (χ0v) is 12.5. The zero-order chi connectivity index (χ0) is 15.2. The molecule has 0 saturated heterocycles. The SMILES string of the molecule is O=C([O-])/C(=C\c1ccccc1)NC(=O)c1ccccc1Br. The molecule has 1 amide bonds. The van der Waals surface area contributed by atoms with Gasteiger partial charge < -0.3 is 15.2 Å². The molecule has 0 aromatic heterocycles. The van der Waals surface area contributed by atoms with E-state index >= 15 is 0 Å². The number of carbonyl (C=O) groups is 2. The molecular weight excluding hydrogens is 334 g/mol. The molecule has 2 aromatic rings. The summed E-state index contributed by atoms with van der Waals surface area (Å²) >= 11 is 3.25. The van der Waals surface area contributed by atoms with E-state index in [1.807, 2.05) is 6.07 Å². The van der Waals surface area contributed by atoms with Gasteiger partial charge in [0.2, 0.25) is 0 Å². The third-order valence-corrected chi connectivity index (χ3v) is 3.39. The van der Waals surface area contributed by atoms with Gasteiger partial charge in [-0.2, -0.15) is 0 Å². The Morgan fingerprint density at radius 2 is 1.62 bits per heavy atom. The first-order chi connectivity index (χ1) is 10.1. The van der Waals surface area contributed by atoms with Crippen LogP contribution in [-0.4, -0.2) is 11.9 Å². The quantitative estimate of drug-likeness (QED) is 0.862. The summed E-state index contributed by atoms with van der Waals surface area (Å²) in [6.07, 6.45) is 1.35. The number of benzene rings is 2. The van der Waals surface area contributed by atoms with Crippen molar-refractivity contribution in [3.8, 4) is 0 Å². The molecule has 0 heterocycles. The van der Waals surface area contributed by atoms with Crippen LogP contribution in [0.4, 0.5) is 0 Å². The zero-order valence-electron chi connectivity index (χ0n) is 10.9.